The third-order valence-electron chi connectivity index (χ3n) is 2.90. The Kier molecular flexibility index (Phi) is 3.88. The van der Waals surface area contributed by atoms with Crippen molar-refractivity contribution < 1.29 is 13.2 Å². The van der Waals surface area contributed by atoms with Gasteiger partial charge in [-0.3, -0.25) is 4.79 Å². The SMILES string of the molecule is C#CCNS(=O)(=O)c1cccc(C(=O)N2CCC2)c1. The minimum Gasteiger partial charge on any atom is -0.339 e. The van der Waals surface area contributed by atoms with Gasteiger partial charge in [0.2, 0.25) is 10.0 Å². The van der Waals surface area contributed by atoms with E-state index < -0.39 is 10.0 Å². The number of carbonyl (C=O) groups excluding carboxylic acids is 1. The lowest BCUT2D eigenvalue weighted by Gasteiger charge is -2.30. The van der Waals surface area contributed by atoms with Crippen LogP contribution in [0.25, 0.3) is 0 Å². The topological polar surface area (TPSA) is 66.5 Å². The third-order valence-corrected chi connectivity index (χ3v) is 4.30. The number of benzene rings is 1. The lowest BCUT2D eigenvalue weighted by atomic mass is 10.1. The molecular weight excluding hydrogens is 264 g/mol. The minimum absolute atomic E-state index is 0.0501. The summed E-state index contributed by atoms with van der Waals surface area (Å²) in [4.78, 5) is 13.7. The van der Waals surface area contributed by atoms with Gasteiger partial charge in [0.25, 0.3) is 5.91 Å². The van der Waals surface area contributed by atoms with Gasteiger partial charge >= 0.3 is 0 Å². The van der Waals surface area contributed by atoms with Gasteiger partial charge in [-0.15, -0.1) is 6.42 Å². The van der Waals surface area contributed by atoms with E-state index in [1.807, 2.05) is 0 Å². The molecule has 1 aliphatic heterocycles. The van der Waals surface area contributed by atoms with E-state index in [1.54, 1.807) is 17.0 Å². The second kappa shape index (κ2) is 5.43. The van der Waals surface area contributed by atoms with Gasteiger partial charge in [-0.05, 0) is 24.6 Å². The second-order valence-corrected chi connectivity index (χ2v) is 5.97. The van der Waals surface area contributed by atoms with E-state index in [9.17, 15) is 13.2 Å². The maximum atomic E-state index is 12.0. The number of nitrogens with zero attached hydrogens (tertiary/aromatic N) is 1. The monoisotopic (exact) mass is 278 g/mol. The first-order valence-corrected chi connectivity index (χ1v) is 7.35. The van der Waals surface area contributed by atoms with Crippen LogP contribution in [-0.2, 0) is 10.0 Å². The van der Waals surface area contributed by atoms with Crippen molar-refractivity contribution in [3.63, 3.8) is 0 Å². The van der Waals surface area contributed by atoms with Crippen molar-refractivity contribution in [3.05, 3.63) is 29.8 Å². The molecule has 1 heterocycles. The van der Waals surface area contributed by atoms with Crippen LogP contribution >= 0.6 is 0 Å². The van der Waals surface area contributed by atoms with Crippen LogP contribution in [0.3, 0.4) is 0 Å². The minimum atomic E-state index is -3.66. The van der Waals surface area contributed by atoms with Crippen molar-refractivity contribution in [2.75, 3.05) is 19.6 Å². The molecule has 2 rings (SSSR count). The van der Waals surface area contributed by atoms with Crippen LogP contribution in [0, 0.1) is 12.3 Å². The molecule has 0 aliphatic carbocycles. The Hall–Kier alpha value is -1.84. The molecule has 0 atom stereocenters. The average Bonchev–Trinajstić information content (AvgIpc) is 2.34. The fourth-order valence-electron chi connectivity index (χ4n) is 1.72. The fraction of sp³-hybridized carbons (Fsp3) is 0.308. The summed E-state index contributed by atoms with van der Waals surface area (Å²) in [5.74, 6) is 2.06. The van der Waals surface area contributed by atoms with E-state index in [2.05, 4.69) is 10.6 Å². The predicted molar refractivity (Wildman–Crippen MR) is 71.0 cm³/mol. The second-order valence-electron chi connectivity index (χ2n) is 4.20. The Balaban J connectivity index is 2.24. The first kappa shape index (κ1) is 13.6. The summed E-state index contributed by atoms with van der Waals surface area (Å²) >= 11 is 0. The molecule has 1 amide bonds. The van der Waals surface area contributed by atoms with E-state index in [0.717, 1.165) is 19.5 Å². The van der Waals surface area contributed by atoms with Crippen molar-refractivity contribution in [3.8, 4) is 12.3 Å². The molecule has 0 saturated carbocycles. The molecule has 0 spiro atoms. The third kappa shape index (κ3) is 2.95. The number of rotatable bonds is 4. The maximum absolute atomic E-state index is 12.0. The highest BCUT2D eigenvalue weighted by atomic mass is 32.2. The standard InChI is InChI=1S/C13H14N2O3S/c1-2-7-14-19(17,18)12-6-3-5-11(10-12)13(16)15-8-4-9-15/h1,3,5-6,10,14H,4,7-9H2. The predicted octanol–water partition coefficient (Wildman–Crippen LogP) is 0.444. The van der Waals surface area contributed by atoms with Crippen LogP contribution in [0.1, 0.15) is 16.8 Å². The summed E-state index contributed by atoms with van der Waals surface area (Å²) < 4.78 is 26.0. The lowest BCUT2D eigenvalue weighted by Crippen LogP contribution is -2.42. The van der Waals surface area contributed by atoms with Crippen molar-refractivity contribution >= 4 is 15.9 Å². The summed E-state index contributed by atoms with van der Waals surface area (Å²) in [6.07, 6.45) is 6.01. The number of nitrogens with one attached hydrogen (secondary N) is 1. The van der Waals surface area contributed by atoms with Gasteiger partial charge in [0, 0.05) is 18.7 Å². The summed E-state index contributed by atoms with van der Waals surface area (Å²) in [6.45, 7) is 1.38. The molecule has 1 saturated heterocycles. The smallest absolute Gasteiger partial charge is 0.253 e. The molecular formula is C13H14N2O3S. The quantitative estimate of drug-likeness (QED) is 0.813. The van der Waals surface area contributed by atoms with Crippen LogP contribution in [0.2, 0.25) is 0 Å². The Morgan fingerprint density at radius 1 is 1.42 bits per heavy atom. The van der Waals surface area contributed by atoms with Gasteiger partial charge < -0.3 is 4.90 Å². The lowest BCUT2D eigenvalue weighted by molar-refractivity contribution is 0.0651. The van der Waals surface area contributed by atoms with E-state index >= 15 is 0 Å². The van der Waals surface area contributed by atoms with Crippen LogP contribution in [0.4, 0.5) is 0 Å². The summed E-state index contributed by atoms with van der Waals surface area (Å²) in [7, 11) is -3.66. The molecule has 100 valence electrons. The van der Waals surface area contributed by atoms with Crippen molar-refractivity contribution in [1.82, 2.24) is 9.62 Å². The highest BCUT2D eigenvalue weighted by molar-refractivity contribution is 7.89. The zero-order valence-corrected chi connectivity index (χ0v) is 11.1. The molecule has 0 radical (unpaired) electrons. The number of likely N-dealkylation sites (tertiary alicyclic amines) is 1. The summed E-state index contributed by atoms with van der Waals surface area (Å²) in [5.41, 5.74) is 0.378. The molecule has 1 fully saturated rings. The number of carbonyl (C=O) groups is 1. The fourth-order valence-corrected chi connectivity index (χ4v) is 2.70. The summed E-state index contributed by atoms with van der Waals surface area (Å²) in [5, 5.41) is 0. The van der Waals surface area contributed by atoms with Crippen LogP contribution in [0.5, 0.6) is 0 Å². The Labute approximate surface area is 112 Å². The molecule has 1 aromatic rings. The van der Waals surface area contributed by atoms with E-state index in [1.165, 1.54) is 12.1 Å². The van der Waals surface area contributed by atoms with Gasteiger partial charge in [-0.25, -0.2) is 8.42 Å². The van der Waals surface area contributed by atoms with Gasteiger partial charge in [0.1, 0.15) is 0 Å². The number of terminal acetylenes is 1. The number of sulfonamides is 1. The largest absolute Gasteiger partial charge is 0.339 e. The molecule has 1 aliphatic rings. The van der Waals surface area contributed by atoms with Crippen LogP contribution < -0.4 is 4.72 Å². The molecule has 6 heteroatoms. The van der Waals surface area contributed by atoms with Crippen molar-refractivity contribution in [2.24, 2.45) is 0 Å². The Morgan fingerprint density at radius 3 is 2.74 bits per heavy atom. The molecule has 19 heavy (non-hydrogen) atoms. The van der Waals surface area contributed by atoms with Gasteiger partial charge in [0.15, 0.2) is 0 Å². The van der Waals surface area contributed by atoms with E-state index in [4.69, 9.17) is 6.42 Å². The van der Waals surface area contributed by atoms with Crippen LogP contribution in [-0.4, -0.2) is 38.9 Å². The zero-order valence-electron chi connectivity index (χ0n) is 10.3. The number of hydrogen-bond donors (Lipinski definition) is 1. The Morgan fingerprint density at radius 2 is 2.16 bits per heavy atom. The Bertz CT molecular complexity index is 628. The number of amides is 1. The van der Waals surface area contributed by atoms with E-state index in [-0.39, 0.29) is 17.3 Å². The molecule has 5 nitrogen and oxygen atoms in total. The highest BCUT2D eigenvalue weighted by Gasteiger charge is 2.23. The number of hydrogen-bond acceptors (Lipinski definition) is 3. The van der Waals surface area contributed by atoms with Gasteiger partial charge in [-0.1, -0.05) is 12.0 Å². The molecule has 0 aromatic heterocycles. The van der Waals surface area contributed by atoms with Crippen molar-refractivity contribution in [2.45, 2.75) is 11.3 Å². The van der Waals surface area contributed by atoms with Gasteiger partial charge in [-0.2, -0.15) is 4.72 Å². The van der Waals surface area contributed by atoms with Crippen molar-refractivity contribution in [1.29, 1.82) is 0 Å². The normalized spacial score (nSPS) is 14.6. The van der Waals surface area contributed by atoms with Crippen LogP contribution in [0.15, 0.2) is 29.2 Å². The first-order chi connectivity index (χ1) is 9.04. The zero-order chi connectivity index (χ0) is 13.9. The molecule has 1 N–H and O–H groups in total. The maximum Gasteiger partial charge on any atom is 0.253 e. The average molecular weight is 278 g/mol. The molecule has 0 bridgehead atoms. The summed E-state index contributed by atoms with van der Waals surface area (Å²) in [6, 6.07) is 5.98. The molecule has 1 aromatic carbocycles. The highest BCUT2D eigenvalue weighted by Crippen LogP contribution is 2.16. The van der Waals surface area contributed by atoms with Gasteiger partial charge in [0.05, 0.1) is 11.4 Å². The first-order valence-electron chi connectivity index (χ1n) is 5.87. The molecule has 0 unspecified atom stereocenters. The van der Waals surface area contributed by atoms with E-state index in [0.29, 0.717) is 5.56 Å².